The van der Waals surface area contributed by atoms with Gasteiger partial charge in [-0.3, -0.25) is 9.69 Å². The summed E-state index contributed by atoms with van der Waals surface area (Å²) in [7, 11) is 0. The van der Waals surface area contributed by atoms with E-state index >= 15 is 0 Å². The van der Waals surface area contributed by atoms with Crippen LogP contribution in [0.5, 0.6) is 0 Å². The molecule has 1 aromatic rings. The third-order valence-corrected chi connectivity index (χ3v) is 7.88. The lowest BCUT2D eigenvalue weighted by atomic mass is 9.79. The van der Waals surface area contributed by atoms with E-state index < -0.39 is 5.72 Å². The van der Waals surface area contributed by atoms with E-state index in [2.05, 4.69) is 29.3 Å². The Hall–Kier alpha value is -1.23. The average molecular weight is 354 g/mol. The molecule has 26 heavy (non-hydrogen) atoms. The van der Waals surface area contributed by atoms with Gasteiger partial charge in [-0.25, -0.2) is 0 Å². The maximum absolute atomic E-state index is 11.2. The minimum Gasteiger partial charge on any atom is -0.374 e. The van der Waals surface area contributed by atoms with Gasteiger partial charge in [-0.2, -0.15) is 0 Å². The summed E-state index contributed by atoms with van der Waals surface area (Å²) in [4.78, 5) is 13.2. The van der Waals surface area contributed by atoms with E-state index in [1.807, 2.05) is 12.1 Å². The van der Waals surface area contributed by atoms with Crippen LogP contribution in [-0.2, 0) is 0 Å². The highest BCUT2D eigenvalue weighted by Crippen LogP contribution is 2.55. The molecule has 1 saturated carbocycles. The second-order valence-corrected chi connectivity index (χ2v) is 9.14. The molecule has 4 fully saturated rings. The van der Waals surface area contributed by atoms with E-state index in [0.717, 1.165) is 30.7 Å². The third kappa shape index (κ3) is 2.57. The van der Waals surface area contributed by atoms with Gasteiger partial charge in [0.2, 0.25) is 0 Å². The molecule has 4 nitrogen and oxygen atoms in total. The Balaban J connectivity index is 1.31. The molecule has 1 unspecified atom stereocenters. The molecule has 5 rings (SSSR count). The van der Waals surface area contributed by atoms with E-state index in [4.69, 9.17) is 0 Å². The van der Waals surface area contributed by atoms with Gasteiger partial charge in [-0.05, 0) is 49.5 Å². The average Bonchev–Trinajstić information content (AvgIpc) is 3.04. The van der Waals surface area contributed by atoms with Crippen molar-refractivity contribution in [2.24, 2.45) is 11.8 Å². The van der Waals surface area contributed by atoms with Crippen molar-refractivity contribution in [1.29, 1.82) is 0 Å². The molecule has 3 aliphatic heterocycles. The number of rotatable bonds is 4. The van der Waals surface area contributed by atoms with Crippen LogP contribution in [0.1, 0.15) is 67.3 Å². The Labute approximate surface area is 156 Å². The standard InChI is InChI=1S/C22H30N2O2/c1-14(16-7-5-15(12-25)6-8-16)21-11-18(22(26)13-24(21)22)20-10-9-17-3-2-4-19(17)23-20/h5-8,12,14,17-21,23,26H,2-4,9-11,13H2,1H3/t14-,17-,18+,19+,20-,21+,22-,24?/m1/s1. The van der Waals surface area contributed by atoms with Gasteiger partial charge in [0, 0.05) is 36.2 Å². The molecule has 1 aliphatic carbocycles. The molecule has 140 valence electrons. The highest BCUT2D eigenvalue weighted by Gasteiger charge is 2.67. The lowest BCUT2D eigenvalue weighted by Crippen LogP contribution is -2.51. The molecule has 1 aromatic carbocycles. The molecule has 0 amide bonds. The Morgan fingerprint density at radius 3 is 2.77 bits per heavy atom. The normalized spacial score (nSPS) is 45.0. The predicted octanol–water partition coefficient (Wildman–Crippen LogP) is 2.92. The fourth-order valence-corrected chi connectivity index (χ4v) is 6.26. The number of benzene rings is 1. The zero-order valence-corrected chi connectivity index (χ0v) is 15.6. The van der Waals surface area contributed by atoms with E-state index in [-0.39, 0.29) is 0 Å². The molecule has 8 atom stereocenters. The Kier molecular flexibility index (Phi) is 4.00. The van der Waals surface area contributed by atoms with E-state index in [1.54, 1.807) is 0 Å². The van der Waals surface area contributed by atoms with Gasteiger partial charge in [0.1, 0.15) is 12.0 Å². The van der Waals surface area contributed by atoms with Crippen LogP contribution in [0.4, 0.5) is 0 Å². The highest BCUT2D eigenvalue weighted by molar-refractivity contribution is 5.74. The van der Waals surface area contributed by atoms with Crippen molar-refractivity contribution in [3.63, 3.8) is 0 Å². The first kappa shape index (κ1) is 16.9. The van der Waals surface area contributed by atoms with Crippen molar-refractivity contribution in [3.8, 4) is 0 Å². The second kappa shape index (κ2) is 6.15. The molecule has 3 heterocycles. The second-order valence-electron chi connectivity index (χ2n) is 9.14. The van der Waals surface area contributed by atoms with Crippen molar-refractivity contribution >= 4 is 6.29 Å². The van der Waals surface area contributed by atoms with Crippen LogP contribution in [0.2, 0.25) is 0 Å². The molecule has 3 saturated heterocycles. The lowest BCUT2D eigenvalue weighted by molar-refractivity contribution is 0.0329. The number of carbonyl (C=O) groups is 1. The maximum atomic E-state index is 11.2. The van der Waals surface area contributed by atoms with Crippen molar-refractivity contribution < 1.29 is 9.90 Å². The summed E-state index contributed by atoms with van der Waals surface area (Å²) < 4.78 is 0. The summed E-state index contributed by atoms with van der Waals surface area (Å²) in [5.41, 5.74) is 1.42. The lowest BCUT2D eigenvalue weighted by Gasteiger charge is -2.38. The van der Waals surface area contributed by atoms with E-state index in [9.17, 15) is 9.90 Å². The quantitative estimate of drug-likeness (QED) is 0.645. The molecule has 4 heteroatoms. The van der Waals surface area contributed by atoms with Gasteiger partial charge in [-0.1, -0.05) is 37.6 Å². The van der Waals surface area contributed by atoms with Crippen molar-refractivity contribution in [2.75, 3.05) is 6.54 Å². The Morgan fingerprint density at radius 2 is 2.00 bits per heavy atom. The van der Waals surface area contributed by atoms with Gasteiger partial charge in [-0.15, -0.1) is 0 Å². The van der Waals surface area contributed by atoms with Crippen molar-refractivity contribution in [2.45, 2.75) is 75.2 Å². The maximum Gasteiger partial charge on any atom is 0.150 e. The fraction of sp³-hybridized carbons (Fsp3) is 0.682. The number of fused-ring (bicyclic) bond motifs is 2. The zero-order valence-electron chi connectivity index (χ0n) is 15.6. The minimum absolute atomic E-state index is 0.353. The van der Waals surface area contributed by atoms with Crippen LogP contribution in [-0.4, -0.2) is 46.7 Å². The molecule has 0 radical (unpaired) electrons. The summed E-state index contributed by atoms with van der Waals surface area (Å²) in [6, 6.07) is 9.52. The summed E-state index contributed by atoms with van der Waals surface area (Å²) >= 11 is 0. The largest absolute Gasteiger partial charge is 0.374 e. The molecular weight excluding hydrogens is 324 g/mol. The third-order valence-electron chi connectivity index (χ3n) is 7.88. The van der Waals surface area contributed by atoms with Crippen LogP contribution < -0.4 is 5.32 Å². The first-order valence-electron chi connectivity index (χ1n) is 10.4. The number of piperidine rings is 2. The number of aliphatic hydroxyl groups is 1. The molecular formula is C22H30N2O2. The molecule has 4 aliphatic rings. The highest BCUT2D eigenvalue weighted by atomic mass is 16.3. The van der Waals surface area contributed by atoms with Gasteiger partial charge >= 0.3 is 0 Å². The Bertz CT molecular complexity index is 690. The number of aldehydes is 1. The number of carbonyl (C=O) groups excluding carboxylic acids is 1. The number of hydrogen-bond acceptors (Lipinski definition) is 4. The predicted molar refractivity (Wildman–Crippen MR) is 101 cm³/mol. The summed E-state index contributed by atoms with van der Waals surface area (Å²) in [5.74, 6) is 1.60. The smallest absolute Gasteiger partial charge is 0.150 e. The van der Waals surface area contributed by atoms with E-state index in [0.29, 0.717) is 30.0 Å². The first-order chi connectivity index (χ1) is 12.6. The molecule has 0 aromatic heterocycles. The van der Waals surface area contributed by atoms with Crippen LogP contribution in [0.15, 0.2) is 24.3 Å². The number of nitrogens with zero attached hydrogens (tertiary/aromatic N) is 1. The van der Waals surface area contributed by atoms with Gasteiger partial charge in [0.05, 0.1) is 0 Å². The minimum atomic E-state index is -0.579. The van der Waals surface area contributed by atoms with Crippen molar-refractivity contribution in [3.05, 3.63) is 35.4 Å². The van der Waals surface area contributed by atoms with Crippen LogP contribution in [0, 0.1) is 11.8 Å². The fourth-order valence-electron chi connectivity index (χ4n) is 6.26. The van der Waals surface area contributed by atoms with Crippen LogP contribution >= 0.6 is 0 Å². The molecule has 0 bridgehead atoms. The number of hydrogen-bond donors (Lipinski definition) is 2. The topological polar surface area (TPSA) is 52.3 Å². The summed E-state index contributed by atoms with van der Waals surface area (Å²) in [5, 5.41) is 15.1. The van der Waals surface area contributed by atoms with Gasteiger partial charge < -0.3 is 10.4 Å². The number of nitrogens with one attached hydrogen (secondary N) is 1. The van der Waals surface area contributed by atoms with Crippen LogP contribution in [0.3, 0.4) is 0 Å². The van der Waals surface area contributed by atoms with Crippen molar-refractivity contribution in [1.82, 2.24) is 10.2 Å². The van der Waals surface area contributed by atoms with Gasteiger partial charge in [0.25, 0.3) is 0 Å². The Morgan fingerprint density at radius 1 is 1.19 bits per heavy atom. The SMILES string of the molecule is C[C@H](c1ccc(C=O)cc1)[C@@H]1C[C@@H]([C@H]2CC[C@H]3CCC[C@@H]3N2)[C@]2(O)CN12. The molecule has 0 spiro atoms. The van der Waals surface area contributed by atoms with Gasteiger partial charge in [0.15, 0.2) is 0 Å². The first-order valence-corrected chi connectivity index (χ1v) is 10.4. The summed E-state index contributed by atoms with van der Waals surface area (Å²) in [6.07, 6.45) is 8.60. The van der Waals surface area contributed by atoms with E-state index in [1.165, 1.54) is 37.7 Å². The zero-order chi connectivity index (χ0) is 17.9. The van der Waals surface area contributed by atoms with Crippen LogP contribution in [0.25, 0.3) is 0 Å². The monoisotopic (exact) mass is 354 g/mol. The molecule has 2 N–H and O–H groups in total. The summed E-state index contributed by atoms with van der Waals surface area (Å²) in [6.45, 7) is 3.09.